The molecule has 1 amide bonds. The Morgan fingerprint density at radius 1 is 1.03 bits per heavy atom. The lowest BCUT2D eigenvalue weighted by Gasteiger charge is -2.29. The number of carbonyl (C=O) groups excluding carboxylic acids is 1. The predicted molar refractivity (Wildman–Crippen MR) is 114 cm³/mol. The number of hydrogen-bond acceptors (Lipinski definition) is 6. The SMILES string of the molecule is O=C(NO)[C@@H](Cc1ccc(C(F)(F)F)cc1)N(Cc1cccnc1)S(=O)(=O)c1ccc(O)cc1. The van der Waals surface area contributed by atoms with Gasteiger partial charge in [0.25, 0.3) is 5.91 Å². The topological polar surface area (TPSA) is 120 Å². The summed E-state index contributed by atoms with van der Waals surface area (Å²) >= 11 is 0. The summed E-state index contributed by atoms with van der Waals surface area (Å²) in [6.07, 6.45) is -2.02. The number of pyridine rings is 1. The van der Waals surface area contributed by atoms with Crippen molar-refractivity contribution in [3.05, 3.63) is 89.7 Å². The highest BCUT2D eigenvalue weighted by Crippen LogP contribution is 2.30. The van der Waals surface area contributed by atoms with Crippen molar-refractivity contribution in [2.24, 2.45) is 0 Å². The first-order valence-corrected chi connectivity index (χ1v) is 11.3. The van der Waals surface area contributed by atoms with Crippen molar-refractivity contribution in [1.29, 1.82) is 0 Å². The number of carbonyl (C=O) groups is 1. The maximum Gasteiger partial charge on any atom is 0.416 e. The van der Waals surface area contributed by atoms with Crippen molar-refractivity contribution >= 4 is 15.9 Å². The van der Waals surface area contributed by atoms with Crippen LogP contribution in [0.4, 0.5) is 13.2 Å². The Morgan fingerprint density at radius 2 is 1.68 bits per heavy atom. The normalized spacial score (nSPS) is 13.0. The molecular formula is C22H20F3N3O5S. The van der Waals surface area contributed by atoms with Gasteiger partial charge in [0.1, 0.15) is 11.8 Å². The van der Waals surface area contributed by atoms with Crippen LogP contribution in [0.3, 0.4) is 0 Å². The van der Waals surface area contributed by atoms with Crippen molar-refractivity contribution < 1.29 is 36.7 Å². The Labute approximate surface area is 193 Å². The molecule has 3 N–H and O–H groups in total. The first-order chi connectivity index (χ1) is 16.0. The maximum atomic E-state index is 13.5. The zero-order valence-electron chi connectivity index (χ0n) is 17.5. The third-order valence-electron chi connectivity index (χ3n) is 4.98. The van der Waals surface area contributed by atoms with Crippen molar-refractivity contribution in [1.82, 2.24) is 14.8 Å². The van der Waals surface area contributed by atoms with E-state index < -0.39 is 33.7 Å². The van der Waals surface area contributed by atoms with Crippen molar-refractivity contribution in [2.45, 2.75) is 30.1 Å². The van der Waals surface area contributed by atoms with Crippen molar-refractivity contribution in [3.63, 3.8) is 0 Å². The smallest absolute Gasteiger partial charge is 0.416 e. The van der Waals surface area contributed by atoms with Crippen molar-refractivity contribution in [2.75, 3.05) is 0 Å². The highest BCUT2D eigenvalue weighted by atomic mass is 32.2. The molecule has 1 heterocycles. The lowest BCUT2D eigenvalue weighted by molar-refractivity contribution is -0.137. The molecule has 0 bridgehead atoms. The number of aromatic hydroxyl groups is 1. The Hall–Kier alpha value is -3.48. The quantitative estimate of drug-likeness (QED) is 0.326. The molecule has 3 aromatic rings. The largest absolute Gasteiger partial charge is 0.508 e. The van der Waals surface area contributed by atoms with Gasteiger partial charge in [-0.3, -0.25) is 15.0 Å². The van der Waals surface area contributed by atoms with Gasteiger partial charge in [-0.05, 0) is 60.0 Å². The molecule has 1 aromatic heterocycles. The molecule has 34 heavy (non-hydrogen) atoms. The molecule has 0 aliphatic rings. The molecule has 0 aliphatic carbocycles. The van der Waals surface area contributed by atoms with Gasteiger partial charge in [0.05, 0.1) is 10.5 Å². The third kappa shape index (κ3) is 5.90. The molecule has 0 spiro atoms. The van der Waals surface area contributed by atoms with Gasteiger partial charge in [-0.15, -0.1) is 0 Å². The van der Waals surface area contributed by atoms with E-state index >= 15 is 0 Å². The zero-order valence-corrected chi connectivity index (χ0v) is 18.3. The number of alkyl halides is 3. The molecule has 8 nitrogen and oxygen atoms in total. The van der Waals surface area contributed by atoms with E-state index in [-0.39, 0.29) is 29.2 Å². The predicted octanol–water partition coefficient (Wildman–Crippen LogP) is 3.11. The van der Waals surface area contributed by atoms with Crippen LogP contribution in [0.25, 0.3) is 0 Å². The fourth-order valence-electron chi connectivity index (χ4n) is 3.24. The minimum Gasteiger partial charge on any atom is -0.508 e. The Balaban J connectivity index is 2.05. The number of hydrogen-bond donors (Lipinski definition) is 3. The van der Waals surface area contributed by atoms with Crippen LogP contribution in [0.15, 0.2) is 78.0 Å². The molecule has 0 saturated carbocycles. The second kappa shape index (κ2) is 10.2. The van der Waals surface area contributed by atoms with E-state index in [2.05, 4.69) is 4.98 Å². The molecule has 0 radical (unpaired) electrons. The fraction of sp³-hybridized carbons (Fsp3) is 0.182. The van der Waals surface area contributed by atoms with Crippen LogP contribution in [0, 0.1) is 0 Å². The summed E-state index contributed by atoms with van der Waals surface area (Å²) in [5, 5.41) is 18.8. The van der Waals surface area contributed by atoms with E-state index in [0.717, 1.165) is 52.8 Å². The summed E-state index contributed by atoms with van der Waals surface area (Å²) in [6, 6.07) is 10.1. The maximum absolute atomic E-state index is 13.5. The summed E-state index contributed by atoms with van der Waals surface area (Å²) in [6.45, 7) is -0.324. The summed E-state index contributed by atoms with van der Waals surface area (Å²) < 4.78 is 66.5. The first kappa shape index (κ1) is 25.1. The van der Waals surface area contributed by atoms with Crippen LogP contribution in [-0.2, 0) is 34.0 Å². The molecule has 2 aromatic carbocycles. The van der Waals surface area contributed by atoms with Crippen LogP contribution < -0.4 is 5.48 Å². The van der Waals surface area contributed by atoms with E-state index in [0.29, 0.717) is 5.56 Å². The molecule has 0 saturated heterocycles. The number of benzene rings is 2. The van der Waals surface area contributed by atoms with Crippen LogP contribution >= 0.6 is 0 Å². The van der Waals surface area contributed by atoms with Crippen LogP contribution in [0.1, 0.15) is 16.7 Å². The van der Waals surface area contributed by atoms with Crippen LogP contribution in [-0.4, -0.2) is 40.0 Å². The number of sulfonamides is 1. The second-order valence-electron chi connectivity index (χ2n) is 7.30. The van der Waals surface area contributed by atoms with Crippen molar-refractivity contribution in [3.8, 4) is 5.75 Å². The van der Waals surface area contributed by atoms with Gasteiger partial charge in [0.15, 0.2) is 0 Å². The molecule has 180 valence electrons. The molecule has 0 fully saturated rings. The number of phenols is 1. The number of phenolic OH excluding ortho intramolecular Hbond substituents is 1. The Bertz CT molecular complexity index is 1220. The van der Waals surface area contributed by atoms with Gasteiger partial charge < -0.3 is 5.11 Å². The number of nitrogens with zero attached hydrogens (tertiary/aromatic N) is 2. The fourth-order valence-corrected chi connectivity index (χ4v) is 4.82. The minimum atomic E-state index is -4.56. The molecule has 0 unspecified atom stereocenters. The lowest BCUT2D eigenvalue weighted by atomic mass is 10.0. The second-order valence-corrected chi connectivity index (χ2v) is 9.19. The van der Waals surface area contributed by atoms with Gasteiger partial charge >= 0.3 is 6.18 Å². The van der Waals surface area contributed by atoms with E-state index in [1.165, 1.54) is 17.9 Å². The number of aromatic nitrogens is 1. The Kier molecular flexibility index (Phi) is 7.54. The minimum absolute atomic E-state index is 0.174. The lowest BCUT2D eigenvalue weighted by Crippen LogP contribution is -2.49. The molecule has 3 rings (SSSR count). The van der Waals surface area contributed by atoms with Crippen LogP contribution in [0.2, 0.25) is 0 Å². The number of amides is 1. The highest BCUT2D eigenvalue weighted by Gasteiger charge is 2.37. The molecular weight excluding hydrogens is 475 g/mol. The summed E-state index contributed by atoms with van der Waals surface area (Å²) in [7, 11) is -4.38. The molecule has 0 aliphatic heterocycles. The summed E-state index contributed by atoms with van der Waals surface area (Å²) in [4.78, 5) is 16.3. The van der Waals surface area contributed by atoms with Gasteiger partial charge in [0.2, 0.25) is 10.0 Å². The van der Waals surface area contributed by atoms with E-state index in [1.54, 1.807) is 12.1 Å². The average molecular weight is 495 g/mol. The monoisotopic (exact) mass is 495 g/mol. The number of rotatable bonds is 8. The molecule has 1 atom stereocenters. The van der Waals surface area contributed by atoms with Gasteiger partial charge in [-0.2, -0.15) is 17.5 Å². The van der Waals surface area contributed by atoms with Crippen LogP contribution in [0.5, 0.6) is 5.75 Å². The number of hydroxylamine groups is 1. The van der Waals surface area contributed by atoms with E-state index in [4.69, 9.17) is 0 Å². The van der Waals surface area contributed by atoms with E-state index in [1.807, 2.05) is 0 Å². The number of nitrogens with one attached hydrogen (secondary N) is 1. The van der Waals surface area contributed by atoms with Gasteiger partial charge in [-0.25, -0.2) is 13.9 Å². The number of halogens is 3. The van der Waals surface area contributed by atoms with E-state index in [9.17, 15) is 36.7 Å². The van der Waals surface area contributed by atoms with Gasteiger partial charge in [-0.1, -0.05) is 18.2 Å². The highest BCUT2D eigenvalue weighted by molar-refractivity contribution is 7.89. The third-order valence-corrected chi connectivity index (χ3v) is 6.84. The molecule has 12 heteroatoms. The standard InChI is InChI=1S/C22H20F3N3O5S/c23-22(24,25)17-5-3-15(4-6-17)12-20(21(30)27-31)28(14-16-2-1-11-26-13-16)34(32,33)19-9-7-18(29)8-10-19/h1-11,13,20,29,31H,12,14H2,(H,27,30)/t20-/m1/s1. The zero-order chi connectivity index (χ0) is 24.9. The van der Waals surface area contributed by atoms with Gasteiger partial charge in [0, 0.05) is 18.9 Å². The Morgan fingerprint density at radius 3 is 2.21 bits per heavy atom. The summed E-state index contributed by atoms with van der Waals surface area (Å²) in [5.41, 5.74) is 1.20. The first-order valence-electron chi connectivity index (χ1n) is 9.82. The summed E-state index contributed by atoms with van der Waals surface area (Å²) in [5.74, 6) is -1.25. The average Bonchev–Trinajstić information content (AvgIpc) is 2.81.